The van der Waals surface area contributed by atoms with Crippen LogP contribution in [0.25, 0.3) is 0 Å². The fourth-order valence-electron chi connectivity index (χ4n) is 0.478. The van der Waals surface area contributed by atoms with E-state index in [1.165, 1.54) is 0 Å². The minimum atomic E-state index is -3.00. The minimum absolute atomic E-state index is 1.30. The van der Waals surface area contributed by atoms with Crippen LogP contribution in [0, 0.1) is 20.2 Å². The standard InChI is InChI=1S/C3H6N2O8S/c6-1-3(4(7)8,5(9)10)2-13-14(11)12/h6H,1-2H2,(H,11,12). The molecule has 2 N–H and O–H groups in total. The Kier molecular flexibility index (Phi) is 4.49. The van der Waals surface area contributed by atoms with Crippen molar-refractivity contribution >= 4 is 11.4 Å². The molecule has 0 bridgehead atoms. The highest BCUT2D eigenvalue weighted by molar-refractivity contribution is 7.74. The number of hydrogen-bond donors (Lipinski definition) is 2. The van der Waals surface area contributed by atoms with Crippen LogP contribution in [-0.4, -0.2) is 42.6 Å². The van der Waals surface area contributed by atoms with E-state index >= 15 is 0 Å². The highest BCUT2D eigenvalue weighted by Crippen LogP contribution is 2.11. The number of aliphatic hydroxyl groups is 1. The molecule has 1 atom stereocenters. The molecule has 0 aromatic rings. The Hall–Kier alpha value is -1.17. The first kappa shape index (κ1) is 12.8. The van der Waals surface area contributed by atoms with Crippen LogP contribution in [0.1, 0.15) is 0 Å². The molecular formula is C3H6N2O8S. The summed E-state index contributed by atoms with van der Waals surface area (Å²) >= 11 is -2.87. The highest BCUT2D eigenvalue weighted by Gasteiger charge is 2.57. The van der Waals surface area contributed by atoms with Gasteiger partial charge >= 0.3 is 17.0 Å². The highest BCUT2D eigenvalue weighted by atomic mass is 32.2. The van der Waals surface area contributed by atoms with E-state index in [2.05, 4.69) is 4.18 Å². The zero-order valence-electron chi connectivity index (χ0n) is 6.56. The average molecular weight is 230 g/mol. The van der Waals surface area contributed by atoms with E-state index in [-0.39, 0.29) is 0 Å². The molecule has 0 aromatic heterocycles. The molecule has 0 radical (unpaired) electrons. The van der Waals surface area contributed by atoms with Crippen molar-refractivity contribution in [3.05, 3.63) is 20.2 Å². The van der Waals surface area contributed by atoms with Gasteiger partial charge in [-0.15, -0.1) is 0 Å². The molecular weight excluding hydrogens is 224 g/mol. The summed E-state index contributed by atoms with van der Waals surface area (Å²) < 4.78 is 21.9. The van der Waals surface area contributed by atoms with Gasteiger partial charge in [-0.2, -0.15) is 4.21 Å². The summed E-state index contributed by atoms with van der Waals surface area (Å²) in [6, 6.07) is 0. The monoisotopic (exact) mass is 230 g/mol. The van der Waals surface area contributed by atoms with Crippen LogP contribution in [-0.2, 0) is 15.5 Å². The second-order valence-electron chi connectivity index (χ2n) is 2.13. The second-order valence-corrected chi connectivity index (χ2v) is 2.80. The molecule has 82 valence electrons. The van der Waals surface area contributed by atoms with E-state index < -0.39 is 40.1 Å². The Bertz CT molecular complexity index is 251. The van der Waals surface area contributed by atoms with Gasteiger partial charge in [0.2, 0.25) is 6.61 Å². The molecule has 0 aliphatic rings. The quantitative estimate of drug-likeness (QED) is 0.239. The Morgan fingerprint density at radius 3 is 2.00 bits per heavy atom. The van der Waals surface area contributed by atoms with E-state index in [1.54, 1.807) is 0 Å². The molecule has 0 fully saturated rings. The fraction of sp³-hybridized carbons (Fsp3) is 1.00. The van der Waals surface area contributed by atoms with Gasteiger partial charge in [0.25, 0.3) is 0 Å². The molecule has 0 aliphatic heterocycles. The van der Waals surface area contributed by atoms with Gasteiger partial charge in [0, 0.05) is 0 Å². The molecule has 0 aliphatic carbocycles. The van der Waals surface area contributed by atoms with Gasteiger partial charge in [0.05, 0.1) is 0 Å². The van der Waals surface area contributed by atoms with Crippen molar-refractivity contribution in [2.24, 2.45) is 0 Å². The number of nitrogens with zero attached hydrogens (tertiary/aromatic N) is 2. The van der Waals surface area contributed by atoms with Crippen molar-refractivity contribution in [1.82, 2.24) is 0 Å². The zero-order valence-corrected chi connectivity index (χ0v) is 7.38. The lowest BCUT2D eigenvalue weighted by Gasteiger charge is -2.12. The lowest BCUT2D eigenvalue weighted by atomic mass is 10.2. The number of aliphatic hydroxyl groups excluding tert-OH is 1. The van der Waals surface area contributed by atoms with Crippen molar-refractivity contribution in [1.29, 1.82) is 0 Å². The number of hydrogen-bond acceptors (Lipinski definition) is 7. The zero-order chi connectivity index (χ0) is 11.4. The average Bonchev–Trinajstić information content (AvgIpc) is 2.04. The van der Waals surface area contributed by atoms with Gasteiger partial charge in [-0.1, -0.05) is 0 Å². The number of nitro groups is 2. The number of rotatable bonds is 6. The molecule has 0 aromatic carbocycles. The maximum atomic E-state index is 10.2. The van der Waals surface area contributed by atoms with Crippen molar-refractivity contribution < 1.29 is 27.9 Å². The summed E-state index contributed by atoms with van der Waals surface area (Å²) in [4.78, 5) is 17.7. The van der Waals surface area contributed by atoms with Gasteiger partial charge in [-0.05, 0) is 0 Å². The molecule has 14 heavy (non-hydrogen) atoms. The van der Waals surface area contributed by atoms with Crippen LogP contribution in [0.2, 0.25) is 0 Å². The molecule has 0 heterocycles. The summed E-state index contributed by atoms with van der Waals surface area (Å²) in [6.45, 7) is -2.74. The van der Waals surface area contributed by atoms with Crippen LogP contribution in [0.3, 0.4) is 0 Å². The maximum absolute atomic E-state index is 10.2. The van der Waals surface area contributed by atoms with Crippen LogP contribution in [0.15, 0.2) is 0 Å². The first-order valence-electron chi connectivity index (χ1n) is 3.01. The Balaban J connectivity index is 4.77. The Labute approximate surface area is 79.3 Å². The smallest absolute Gasteiger partial charge is 0.382 e. The summed E-state index contributed by atoms with van der Waals surface area (Å²) in [7, 11) is 0. The van der Waals surface area contributed by atoms with Crippen molar-refractivity contribution in [3.8, 4) is 0 Å². The molecule has 0 rings (SSSR count). The summed E-state index contributed by atoms with van der Waals surface area (Å²) in [5.41, 5.74) is -3.00. The van der Waals surface area contributed by atoms with Crippen LogP contribution < -0.4 is 0 Å². The summed E-state index contributed by atoms with van der Waals surface area (Å²) in [6.07, 6.45) is 0. The van der Waals surface area contributed by atoms with Gasteiger partial charge < -0.3 is 5.11 Å². The molecule has 0 spiro atoms. The minimum Gasteiger partial charge on any atom is -0.382 e. The predicted octanol–water partition coefficient (Wildman–Crippen LogP) is -1.62. The largest absolute Gasteiger partial charge is 0.504 e. The summed E-state index contributed by atoms with van der Waals surface area (Å²) in [5.74, 6) is 0. The Morgan fingerprint density at radius 2 is 1.79 bits per heavy atom. The van der Waals surface area contributed by atoms with Crippen LogP contribution in [0.5, 0.6) is 0 Å². The SMILES string of the molecule is O=[N+]([O-])C(CO)(COS(=O)O)[N+](=O)[O-]. The van der Waals surface area contributed by atoms with Crippen LogP contribution in [0.4, 0.5) is 0 Å². The van der Waals surface area contributed by atoms with Gasteiger partial charge in [0.1, 0.15) is 9.85 Å². The maximum Gasteiger partial charge on any atom is 0.504 e. The molecule has 0 amide bonds. The van der Waals surface area contributed by atoms with Crippen molar-refractivity contribution in [3.63, 3.8) is 0 Å². The van der Waals surface area contributed by atoms with E-state index in [9.17, 15) is 24.4 Å². The van der Waals surface area contributed by atoms with E-state index in [4.69, 9.17) is 9.66 Å². The van der Waals surface area contributed by atoms with Gasteiger partial charge in [-0.25, -0.2) is 0 Å². The van der Waals surface area contributed by atoms with E-state index in [1.807, 2.05) is 0 Å². The first-order valence-corrected chi connectivity index (χ1v) is 4.04. The third-order valence-corrected chi connectivity index (χ3v) is 1.64. The lowest BCUT2D eigenvalue weighted by Crippen LogP contribution is -2.53. The lowest BCUT2D eigenvalue weighted by molar-refractivity contribution is -0.799. The summed E-state index contributed by atoms with van der Waals surface area (Å²) in [5, 5.41) is 29.0. The first-order chi connectivity index (χ1) is 6.36. The molecule has 0 saturated heterocycles. The van der Waals surface area contributed by atoms with Crippen molar-refractivity contribution in [2.45, 2.75) is 5.66 Å². The second kappa shape index (κ2) is 4.90. The van der Waals surface area contributed by atoms with Gasteiger partial charge in [-0.3, -0.25) is 29.0 Å². The molecule has 11 heteroatoms. The molecule has 0 saturated carbocycles. The van der Waals surface area contributed by atoms with Gasteiger partial charge in [0.15, 0.2) is 6.61 Å². The van der Waals surface area contributed by atoms with Crippen LogP contribution >= 0.6 is 0 Å². The fourth-order valence-corrected chi connectivity index (χ4v) is 0.768. The topological polar surface area (TPSA) is 153 Å². The molecule has 1 unspecified atom stereocenters. The van der Waals surface area contributed by atoms with E-state index in [0.717, 1.165) is 0 Å². The third-order valence-electron chi connectivity index (χ3n) is 1.32. The normalized spacial score (nSPS) is 13.6. The Morgan fingerprint density at radius 1 is 1.36 bits per heavy atom. The third kappa shape index (κ3) is 2.66. The van der Waals surface area contributed by atoms with E-state index in [0.29, 0.717) is 0 Å². The van der Waals surface area contributed by atoms with Crippen molar-refractivity contribution in [2.75, 3.05) is 13.2 Å². The predicted molar refractivity (Wildman–Crippen MR) is 40.5 cm³/mol. The molecule has 10 nitrogen and oxygen atoms in total.